The van der Waals surface area contributed by atoms with Gasteiger partial charge in [-0.25, -0.2) is 4.79 Å². The van der Waals surface area contributed by atoms with Crippen molar-refractivity contribution >= 4 is 35.6 Å². The molecule has 186 valence electrons. The molecule has 8 heteroatoms. The number of thioether (sulfide) groups is 1. The van der Waals surface area contributed by atoms with Crippen LogP contribution in [0.1, 0.15) is 34.7 Å². The molecule has 0 bridgehead atoms. The molecule has 0 aliphatic heterocycles. The Morgan fingerprint density at radius 3 is 2.33 bits per heavy atom. The van der Waals surface area contributed by atoms with E-state index in [1.165, 1.54) is 0 Å². The van der Waals surface area contributed by atoms with E-state index in [4.69, 9.17) is 11.0 Å². The van der Waals surface area contributed by atoms with Crippen LogP contribution in [-0.4, -0.2) is 36.7 Å². The highest BCUT2D eigenvalue weighted by Crippen LogP contribution is 2.28. The van der Waals surface area contributed by atoms with Crippen LogP contribution in [0.3, 0.4) is 0 Å². The highest BCUT2D eigenvalue weighted by molar-refractivity contribution is 7.98. The third-order valence-corrected chi connectivity index (χ3v) is 6.69. The van der Waals surface area contributed by atoms with Gasteiger partial charge in [0.25, 0.3) is 0 Å². The van der Waals surface area contributed by atoms with Gasteiger partial charge in [0.15, 0.2) is 0 Å². The Morgan fingerprint density at radius 1 is 1.08 bits per heavy atom. The molecule has 0 aromatic heterocycles. The monoisotopic (exact) mass is 501 g/mol. The lowest BCUT2D eigenvalue weighted by atomic mass is 9.94. The second-order valence-corrected chi connectivity index (χ2v) is 9.27. The smallest absolute Gasteiger partial charge is 0.323 e. The molecule has 7 nitrogen and oxygen atoms in total. The van der Waals surface area contributed by atoms with Gasteiger partial charge < -0.3 is 21.3 Å². The van der Waals surface area contributed by atoms with Crippen LogP contribution in [0.2, 0.25) is 0 Å². The zero-order chi connectivity index (χ0) is 25.9. The summed E-state index contributed by atoms with van der Waals surface area (Å²) >= 11 is 1.64. The minimum absolute atomic E-state index is 0.202. The lowest BCUT2D eigenvalue weighted by molar-refractivity contribution is -0.120. The van der Waals surface area contributed by atoms with E-state index in [2.05, 4.69) is 16.7 Å². The molecule has 3 aromatic carbocycles. The fourth-order valence-corrected chi connectivity index (χ4v) is 4.35. The van der Waals surface area contributed by atoms with Gasteiger partial charge in [0.1, 0.15) is 0 Å². The van der Waals surface area contributed by atoms with Crippen molar-refractivity contribution in [2.24, 2.45) is 5.73 Å². The molecule has 0 spiro atoms. The van der Waals surface area contributed by atoms with Gasteiger partial charge in [-0.05, 0) is 97.8 Å². The first-order chi connectivity index (χ1) is 17.5. The van der Waals surface area contributed by atoms with Crippen molar-refractivity contribution in [1.82, 2.24) is 4.90 Å². The molecule has 0 fully saturated rings. The van der Waals surface area contributed by atoms with E-state index in [0.29, 0.717) is 37.2 Å². The fourth-order valence-electron chi connectivity index (χ4n) is 3.94. The minimum Gasteiger partial charge on any atom is -0.338 e. The summed E-state index contributed by atoms with van der Waals surface area (Å²) in [7, 11) is 0. The standard InChI is InChI=1S/C28H31N5O2S/c1-20-16-25(32-28(35)31-24-10-12-26(36-2)13-11-24)9-8-23(20)17-27(33(19-34)15-3-14-29)22-6-4-21(18-30)5-7-22/h4-13,16,19,27H,3,14-15,17,29H2,1-2H3,(H2,31,32,35). The maximum atomic E-state index is 12.5. The van der Waals surface area contributed by atoms with Crippen molar-refractivity contribution in [3.8, 4) is 6.07 Å². The number of nitrogens with zero attached hydrogens (tertiary/aromatic N) is 2. The fraction of sp³-hybridized carbons (Fsp3) is 0.250. The Hall–Kier alpha value is -3.80. The van der Waals surface area contributed by atoms with Crippen molar-refractivity contribution in [2.45, 2.75) is 30.7 Å². The molecular formula is C28H31N5O2S. The molecule has 3 rings (SSSR count). The molecular weight excluding hydrogens is 470 g/mol. The van der Waals surface area contributed by atoms with E-state index in [1.807, 2.05) is 67.8 Å². The number of nitrogens with one attached hydrogen (secondary N) is 2. The van der Waals surface area contributed by atoms with E-state index in [9.17, 15) is 9.59 Å². The summed E-state index contributed by atoms with van der Waals surface area (Å²) in [6, 6.07) is 22.3. The summed E-state index contributed by atoms with van der Waals surface area (Å²) in [6.45, 7) is 3.02. The second kappa shape index (κ2) is 13.3. The molecule has 0 aliphatic carbocycles. The first kappa shape index (κ1) is 26.8. The van der Waals surface area contributed by atoms with Crippen molar-refractivity contribution in [2.75, 3.05) is 30.0 Å². The van der Waals surface area contributed by atoms with Crippen LogP contribution in [0.5, 0.6) is 0 Å². The third-order valence-electron chi connectivity index (χ3n) is 5.94. The third kappa shape index (κ3) is 7.35. The van der Waals surface area contributed by atoms with E-state index < -0.39 is 0 Å². The molecule has 3 aromatic rings. The highest BCUT2D eigenvalue weighted by Gasteiger charge is 2.20. The largest absolute Gasteiger partial charge is 0.338 e. The number of nitriles is 1. The number of anilines is 2. The predicted molar refractivity (Wildman–Crippen MR) is 146 cm³/mol. The quantitative estimate of drug-likeness (QED) is 0.243. The Kier molecular flexibility index (Phi) is 9.92. The van der Waals surface area contributed by atoms with E-state index in [1.54, 1.807) is 28.8 Å². The Labute approximate surface area is 216 Å². The molecule has 0 aliphatic rings. The Bertz CT molecular complexity index is 1210. The minimum atomic E-state index is -0.316. The van der Waals surface area contributed by atoms with Gasteiger partial charge in [-0.3, -0.25) is 4.79 Å². The molecule has 4 N–H and O–H groups in total. The van der Waals surface area contributed by atoms with Gasteiger partial charge in [0, 0.05) is 22.8 Å². The number of aryl methyl sites for hydroxylation is 1. The van der Waals surface area contributed by atoms with Crippen LogP contribution in [0.25, 0.3) is 0 Å². The van der Waals surface area contributed by atoms with Crippen molar-refractivity contribution < 1.29 is 9.59 Å². The normalized spacial score (nSPS) is 11.3. The van der Waals surface area contributed by atoms with E-state index >= 15 is 0 Å². The van der Waals surface area contributed by atoms with Crippen LogP contribution in [-0.2, 0) is 11.2 Å². The molecule has 1 unspecified atom stereocenters. The summed E-state index contributed by atoms with van der Waals surface area (Å²) in [5.41, 5.74) is 10.7. The average molecular weight is 502 g/mol. The van der Waals surface area contributed by atoms with Crippen LogP contribution in [0.4, 0.5) is 16.2 Å². The summed E-state index contributed by atoms with van der Waals surface area (Å²) in [4.78, 5) is 27.3. The van der Waals surface area contributed by atoms with Gasteiger partial charge in [0.05, 0.1) is 17.7 Å². The first-order valence-corrected chi connectivity index (χ1v) is 12.9. The number of hydrogen-bond acceptors (Lipinski definition) is 5. The number of hydrogen-bond donors (Lipinski definition) is 3. The zero-order valence-electron chi connectivity index (χ0n) is 20.5. The predicted octanol–water partition coefficient (Wildman–Crippen LogP) is 5.32. The number of benzene rings is 3. The van der Waals surface area contributed by atoms with Gasteiger partial charge >= 0.3 is 6.03 Å². The summed E-state index contributed by atoms with van der Waals surface area (Å²) in [5.74, 6) is 0. The maximum Gasteiger partial charge on any atom is 0.323 e. The summed E-state index contributed by atoms with van der Waals surface area (Å²) in [5, 5.41) is 14.9. The Balaban J connectivity index is 1.75. The summed E-state index contributed by atoms with van der Waals surface area (Å²) in [6.07, 6.45) is 4.15. The van der Waals surface area contributed by atoms with Crippen LogP contribution in [0, 0.1) is 18.3 Å². The number of rotatable bonds is 11. The molecule has 36 heavy (non-hydrogen) atoms. The number of amides is 3. The summed E-state index contributed by atoms with van der Waals surface area (Å²) < 4.78 is 0. The van der Waals surface area contributed by atoms with Gasteiger partial charge in [-0.15, -0.1) is 11.8 Å². The lowest BCUT2D eigenvalue weighted by Gasteiger charge is -2.29. The molecule has 0 saturated heterocycles. The molecule has 3 amide bonds. The van der Waals surface area contributed by atoms with Crippen molar-refractivity contribution in [1.29, 1.82) is 5.26 Å². The average Bonchev–Trinajstić information content (AvgIpc) is 2.90. The topological polar surface area (TPSA) is 111 Å². The molecule has 1 atom stereocenters. The van der Waals surface area contributed by atoms with Gasteiger partial charge in [0.2, 0.25) is 6.41 Å². The lowest BCUT2D eigenvalue weighted by Crippen LogP contribution is -2.31. The van der Waals surface area contributed by atoms with Crippen LogP contribution < -0.4 is 16.4 Å². The molecule has 0 saturated carbocycles. The number of carbonyl (C=O) groups excluding carboxylic acids is 2. The number of urea groups is 1. The van der Waals surface area contributed by atoms with Crippen molar-refractivity contribution in [3.05, 3.63) is 89.0 Å². The van der Waals surface area contributed by atoms with Crippen LogP contribution in [0.15, 0.2) is 71.6 Å². The second-order valence-electron chi connectivity index (χ2n) is 8.39. The molecule has 0 radical (unpaired) electrons. The zero-order valence-corrected chi connectivity index (χ0v) is 21.3. The maximum absolute atomic E-state index is 12.5. The van der Waals surface area contributed by atoms with Gasteiger partial charge in [-0.1, -0.05) is 18.2 Å². The van der Waals surface area contributed by atoms with Gasteiger partial charge in [-0.2, -0.15) is 5.26 Å². The van der Waals surface area contributed by atoms with Crippen LogP contribution >= 0.6 is 11.8 Å². The van der Waals surface area contributed by atoms with Crippen molar-refractivity contribution in [3.63, 3.8) is 0 Å². The van der Waals surface area contributed by atoms with E-state index in [0.717, 1.165) is 33.7 Å². The van der Waals surface area contributed by atoms with E-state index in [-0.39, 0.29) is 12.1 Å². The SMILES string of the molecule is CSc1ccc(NC(=O)Nc2ccc(CC(c3ccc(C#N)cc3)N(C=O)CCCN)c(C)c2)cc1. The first-order valence-electron chi connectivity index (χ1n) is 11.7. The number of nitrogens with two attached hydrogens (primary N) is 1. The highest BCUT2D eigenvalue weighted by atomic mass is 32.2. The molecule has 0 heterocycles. The number of carbonyl (C=O) groups is 2. The Morgan fingerprint density at radius 2 is 1.75 bits per heavy atom.